The minimum absolute atomic E-state index is 0.475. The van der Waals surface area contributed by atoms with Crippen molar-refractivity contribution in [1.29, 1.82) is 0 Å². The highest BCUT2D eigenvalue weighted by atomic mass is 15.1. The maximum atomic E-state index is 2.49. The molecule has 0 bridgehead atoms. The minimum atomic E-state index is -0.475. The molecule has 12 aromatic carbocycles. The quantitative estimate of drug-likeness (QED) is 0.139. The maximum Gasteiger partial charge on any atom is 0.0726 e. The van der Waals surface area contributed by atoms with Crippen LogP contribution in [0.3, 0.4) is 0 Å². The van der Waals surface area contributed by atoms with Gasteiger partial charge in [0.15, 0.2) is 0 Å². The van der Waals surface area contributed by atoms with E-state index >= 15 is 0 Å². The molecular formula is C73H49N. The van der Waals surface area contributed by atoms with Crippen LogP contribution >= 0.6 is 0 Å². The molecule has 0 amide bonds. The molecular weight excluding hydrogens is 891 g/mol. The van der Waals surface area contributed by atoms with Crippen LogP contribution in [0.25, 0.3) is 89.0 Å². The number of nitrogens with zero attached hydrogens (tertiary/aromatic N) is 1. The zero-order valence-corrected chi connectivity index (χ0v) is 40.7. The van der Waals surface area contributed by atoms with Gasteiger partial charge < -0.3 is 4.90 Å². The van der Waals surface area contributed by atoms with E-state index < -0.39 is 5.41 Å². The Hall–Kier alpha value is -9.56. The van der Waals surface area contributed by atoms with Crippen molar-refractivity contribution in [3.05, 3.63) is 320 Å². The highest BCUT2D eigenvalue weighted by Crippen LogP contribution is 2.63. The van der Waals surface area contributed by atoms with E-state index in [9.17, 15) is 0 Å². The van der Waals surface area contributed by atoms with Gasteiger partial charge in [0.2, 0.25) is 0 Å². The van der Waals surface area contributed by atoms with E-state index in [0.717, 1.165) is 22.6 Å². The summed E-state index contributed by atoms with van der Waals surface area (Å²) in [5.74, 6) is 0. The lowest BCUT2D eigenvalue weighted by Gasteiger charge is -2.32. The van der Waals surface area contributed by atoms with Crippen molar-refractivity contribution in [3.63, 3.8) is 0 Å². The van der Waals surface area contributed by atoms with Crippen molar-refractivity contribution in [1.82, 2.24) is 0 Å². The van der Waals surface area contributed by atoms with E-state index in [0.29, 0.717) is 0 Å². The molecule has 0 fully saturated rings. The third-order valence-electron chi connectivity index (χ3n) is 15.5. The van der Waals surface area contributed by atoms with Crippen LogP contribution in [-0.2, 0) is 5.41 Å². The van der Waals surface area contributed by atoms with Crippen LogP contribution in [0.4, 0.5) is 17.1 Å². The van der Waals surface area contributed by atoms with Crippen molar-refractivity contribution in [3.8, 4) is 89.0 Å². The zero-order chi connectivity index (χ0) is 49.0. The van der Waals surface area contributed by atoms with Crippen molar-refractivity contribution in [2.45, 2.75) is 5.41 Å². The first-order valence-corrected chi connectivity index (χ1v) is 25.7. The molecule has 0 N–H and O–H groups in total. The van der Waals surface area contributed by atoms with Crippen LogP contribution in [-0.4, -0.2) is 0 Å². The Morgan fingerprint density at radius 2 is 0.541 bits per heavy atom. The topological polar surface area (TPSA) is 3.24 Å². The molecule has 0 unspecified atom stereocenters. The van der Waals surface area contributed by atoms with Crippen LogP contribution in [0.15, 0.2) is 297 Å². The number of anilines is 3. The van der Waals surface area contributed by atoms with Crippen LogP contribution in [0, 0.1) is 0 Å². The van der Waals surface area contributed by atoms with Gasteiger partial charge in [-0.15, -0.1) is 0 Å². The minimum Gasteiger partial charge on any atom is -0.310 e. The predicted molar refractivity (Wildman–Crippen MR) is 310 cm³/mol. The fourth-order valence-corrected chi connectivity index (χ4v) is 12.3. The van der Waals surface area contributed by atoms with E-state index in [2.05, 4.69) is 302 Å². The second kappa shape index (κ2) is 17.9. The van der Waals surface area contributed by atoms with E-state index in [1.807, 2.05) is 0 Å². The molecule has 0 atom stereocenters. The first-order chi connectivity index (χ1) is 36.7. The lowest BCUT2D eigenvalue weighted by Crippen LogP contribution is -2.26. The third-order valence-corrected chi connectivity index (χ3v) is 15.5. The number of fused-ring (bicyclic) bond motifs is 10. The van der Waals surface area contributed by atoms with Crippen LogP contribution in [0.2, 0.25) is 0 Å². The van der Waals surface area contributed by atoms with Gasteiger partial charge in [0.1, 0.15) is 0 Å². The van der Waals surface area contributed by atoms with Gasteiger partial charge in [-0.2, -0.15) is 0 Å². The molecule has 2 aliphatic carbocycles. The van der Waals surface area contributed by atoms with Gasteiger partial charge in [0.25, 0.3) is 0 Å². The van der Waals surface area contributed by atoms with E-state index in [1.165, 1.54) is 106 Å². The fraction of sp³-hybridized carbons (Fsp3) is 0.0137. The smallest absolute Gasteiger partial charge is 0.0726 e. The Kier molecular flexibility index (Phi) is 10.5. The largest absolute Gasteiger partial charge is 0.310 e. The van der Waals surface area contributed by atoms with E-state index in [1.54, 1.807) is 0 Å². The van der Waals surface area contributed by atoms with Crippen LogP contribution in [0.5, 0.6) is 0 Å². The highest BCUT2D eigenvalue weighted by Gasteiger charge is 2.51. The van der Waals surface area contributed by atoms with Gasteiger partial charge in [-0.1, -0.05) is 261 Å². The SMILES string of the molecule is c1ccc(-c2ccc(-c3ccc(N(c4cccc(-c5cccc(-c6ccccc6)c5-c5ccccc5-c5ccccc5)c4)c4ccc5c(c4)C4(c6ccccc6-c6ccccc64)c4ccccc4-5)cc3)cc2)cc1. The molecule has 1 spiro atoms. The van der Waals surface area contributed by atoms with Gasteiger partial charge in [-0.3, -0.25) is 0 Å². The molecule has 1 heteroatoms. The monoisotopic (exact) mass is 939 g/mol. The normalized spacial score (nSPS) is 12.4. The number of rotatable bonds is 9. The van der Waals surface area contributed by atoms with Crippen LogP contribution in [0.1, 0.15) is 22.3 Å². The van der Waals surface area contributed by atoms with E-state index in [4.69, 9.17) is 0 Å². The summed E-state index contributed by atoms with van der Waals surface area (Å²) in [6.45, 7) is 0. The van der Waals surface area contributed by atoms with Crippen molar-refractivity contribution in [2.75, 3.05) is 4.90 Å². The van der Waals surface area contributed by atoms with Crippen molar-refractivity contribution >= 4 is 17.1 Å². The lowest BCUT2D eigenvalue weighted by molar-refractivity contribution is 0.793. The molecule has 0 heterocycles. The summed E-state index contributed by atoms with van der Waals surface area (Å²) in [5, 5.41) is 0. The van der Waals surface area contributed by atoms with Crippen LogP contribution < -0.4 is 4.90 Å². The zero-order valence-electron chi connectivity index (χ0n) is 40.7. The summed E-state index contributed by atoms with van der Waals surface area (Å²) in [6.07, 6.45) is 0. The Morgan fingerprint density at radius 3 is 1.09 bits per heavy atom. The number of benzene rings is 12. The van der Waals surface area contributed by atoms with Gasteiger partial charge >= 0.3 is 0 Å². The summed E-state index contributed by atoms with van der Waals surface area (Å²) in [7, 11) is 0. The van der Waals surface area contributed by atoms with Gasteiger partial charge in [-0.05, 0) is 148 Å². The molecule has 346 valence electrons. The summed E-state index contributed by atoms with van der Waals surface area (Å²) < 4.78 is 0. The highest BCUT2D eigenvalue weighted by molar-refractivity contribution is 6.01. The van der Waals surface area contributed by atoms with Gasteiger partial charge in [-0.25, -0.2) is 0 Å². The molecule has 2 aliphatic rings. The predicted octanol–water partition coefficient (Wildman–Crippen LogP) is 19.5. The second-order valence-electron chi connectivity index (χ2n) is 19.5. The molecule has 1 nitrogen and oxygen atoms in total. The summed E-state index contributed by atoms with van der Waals surface area (Å²) in [6, 6.07) is 110. The average molecular weight is 940 g/mol. The maximum absolute atomic E-state index is 2.49. The molecule has 0 saturated heterocycles. The first-order valence-electron chi connectivity index (χ1n) is 25.7. The third kappa shape index (κ3) is 7.00. The second-order valence-corrected chi connectivity index (χ2v) is 19.5. The number of hydrogen-bond donors (Lipinski definition) is 0. The van der Waals surface area contributed by atoms with Gasteiger partial charge in [0.05, 0.1) is 5.41 Å². The molecule has 12 aromatic rings. The number of hydrogen-bond acceptors (Lipinski definition) is 1. The van der Waals surface area contributed by atoms with Gasteiger partial charge in [0, 0.05) is 17.1 Å². The Morgan fingerprint density at radius 1 is 0.189 bits per heavy atom. The summed E-state index contributed by atoms with van der Waals surface area (Å²) in [4.78, 5) is 2.47. The standard InChI is InChI=1S/C73H49N/c1-4-20-50(21-5-1)51-38-40-52(41-39-51)53-42-44-57(45-43-53)74(59-46-47-66-65-31-14-17-37-70(65)73(71(66)49-59)68-35-15-12-29-63(68)64-30-13-16-36-69(64)73)58-27-18-26-56(48-58)62-34-19-33-61(55-24-8-3-9-25-55)72(62)67-32-11-10-28-60(67)54-22-6-2-7-23-54/h1-49H. The summed E-state index contributed by atoms with van der Waals surface area (Å²) in [5.41, 5.74) is 27.5. The Balaban J connectivity index is 0.965. The molecule has 0 aliphatic heterocycles. The molecule has 0 aromatic heterocycles. The lowest BCUT2D eigenvalue weighted by atomic mass is 9.70. The summed E-state index contributed by atoms with van der Waals surface area (Å²) >= 11 is 0. The Labute approximate surface area is 433 Å². The molecule has 0 radical (unpaired) electrons. The Bertz CT molecular complexity index is 3980. The first kappa shape index (κ1) is 43.2. The fourth-order valence-electron chi connectivity index (χ4n) is 12.3. The molecule has 0 saturated carbocycles. The van der Waals surface area contributed by atoms with E-state index in [-0.39, 0.29) is 0 Å². The van der Waals surface area contributed by atoms with Crippen molar-refractivity contribution < 1.29 is 0 Å². The molecule has 74 heavy (non-hydrogen) atoms. The van der Waals surface area contributed by atoms with Crippen molar-refractivity contribution in [2.24, 2.45) is 0 Å². The molecule has 14 rings (SSSR count). The average Bonchev–Trinajstić information content (AvgIpc) is 3.95.